The predicted octanol–water partition coefficient (Wildman–Crippen LogP) is 4.77. The summed E-state index contributed by atoms with van der Waals surface area (Å²) in [6, 6.07) is 12.3. The summed E-state index contributed by atoms with van der Waals surface area (Å²) < 4.78 is -1.07. The Balaban J connectivity index is 2.10. The Hall–Kier alpha value is -1.65. The second-order valence-corrected chi connectivity index (χ2v) is 9.05. The molecule has 0 aromatic heterocycles. The number of thiocarbonyl (C=S) groups is 1. The molecule has 7 nitrogen and oxygen atoms in total. The zero-order valence-electron chi connectivity index (χ0n) is 13.8. The van der Waals surface area contributed by atoms with Crippen molar-refractivity contribution < 1.29 is 9.72 Å². The summed E-state index contributed by atoms with van der Waals surface area (Å²) in [5.41, 5.74) is 0.467. The van der Waals surface area contributed by atoms with E-state index in [-0.39, 0.29) is 16.4 Å². The Morgan fingerprint density at radius 2 is 1.79 bits per heavy atom. The molecule has 12 heteroatoms. The lowest BCUT2D eigenvalue weighted by molar-refractivity contribution is -0.384. The van der Waals surface area contributed by atoms with Gasteiger partial charge in [-0.2, -0.15) is 0 Å². The molecule has 0 aliphatic carbocycles. The molecule has 2 aromatic carbocycles. The highest BCUT2D eigenvalue weighted by Crippen LogP contribution is 2.29. The number of nitro groups is 1. The minimum absolute atomic E-state index is 0.0297. The van der Waals surface area contributed by atoms with Crippen molar-refractivity contribution in [3.63, 3.8) is 0 Å². The number of rotatable bonds is 5. The number of amides is 1. The van der Waals surface area contributed by atoms with E-state index in [1.165, 1.54) is 18.2 Å². The van der Waals surface area contributed by atoms with Crippen LogP contribution < -0.4 is 16.0 Å². The number of alkyl halides is 3. The van der Waals surface area contributed by atoms with Gasteiger partial charge in [0.2, 0.25) is 3.79 Å². The van der Waals surface area contributed by atoms with Gasteiger partial charge in [-0.3, -0.25) is 14.9 Å². The minimum Gasteiger partial charge on any atom is -0.339 e. The van der Waals surface area contributed by atoms with Crippen molar-refractivity contribution in [1.82, 2.24) is 10.6 Å². The summed E-state index contributed by atoms with van der Waals surface area (Å²) in [7, 11) is 0. The molecule has 28 heavy (non-hydrogen) atoms. The molecular weight excluding hydrogens is 515 g/mol. The Bertz CT molecular complexity index is 893. The molecule has 0 aliphatic rings. The van der Waals surface area contributed by atoms with E-state index in [1.807, 2.05) is 12.1 Å². The van der Waals surface area contributed by atoms with Crippen LogP contribution >= 0.6 is 63.0 Å². The summed E-state index contributed by atoms with van der Waals surface area (Å²) in [4.78, 5) is 22.7. The molecule has 1 unspecified atom stereocenters. The van der Waals surface area contributed by atoms with Gasteiger partial charge in [0.15, 0.2) is 5.11 Å². The third kappa shape index (κ3) is 6.75. The smallest absolute Gasteiger partial charge is 0.270 e. The first-order valence-electron chi connectivity index (χ1n) is 7.51. The van der Waals surface area contributed by atoms with Crippen molar-refractivity contribution in [2.24, 2.45) is 0 Å². The fourth-order valence-electron chi connectivity index (χ4n) is 2.01. The zero-order valence-corrected chi connectivity index (χ0v) is 18.5. The summed E-state index contributed by atoms with van der Waals surface area (Å²) in [5.74, 6) is -0.682. The monoisotopic (exact) mass is 524 g/mol. The molecule has 0 radical (unpaired) electrons. The number of non-ortho nitro benzene ring substituents is 1. The van der Waals surface area contributed by atoms with Crippen LogP contribution in [0.1, 0.15) is 10.4 Å². The molecule has 0 saturated carbocycles. The first-order valence-corrected chi connectivity index (χ1v) is 9.85. The van der Waals surface area contributed by atoms with Crippen LogP contribution in [0.15, 0.2) is 53.0 Å². The molecule has 148 valence electrons. The fraction of sp³-hybridized carbons (Fsp3) is 0.125. The standard InChI is InChI=1S/C16H12BrCl3N4O3S/c17-10-4-6-11(7-5-10)21-15(28)23-14(16(18,19)20)22-13(25)9-2-1-3-12(8-9)24(26)27/h1-8,14H,(H,22,25)(H2,21,23,28). The van der Waals surface area contributed by atoms with Crippen molar-refractivity contribution in [2.75, 3.05) is 5.32 Å². The average Bonchev–Trinajstić information content (AvgIpc) is 2.62. The largest absolute Gasteiger partial charge is 0.339 e. The van der Waals surface area contributed by atoms with Crippen LogP contribution in [0.3, 0.4) is 0 Å². The van der Waals surface area contributed by atoms with Gasteiger partial charge >= 0.3 is 0 Å². The van der Waals surface area contributed by atoms with Gasteiger partial charge in [-0.25, -0.2) is 0 Å². The van der Waals surface area contributed by atoms with Crippen molar-refractivity contribution in [2.45, 2.75) is 9.96 Å². The first-order chi connectivity index (χ1) is 13.1. The van der Waals surface area contributed by atoms with Crippen LogP contribution in [0.25, 0.3) is 0 Å². The molecule has 0 fully saturated rings. The molecule has 1 atom stereocenters. The van der Waals surface area contributed by atoms with E-state index in [0.29, 0.717) is 5.69 Å². The first kappa shape index (κ1) is 22.6. The summed E-state index contributed by atoms with van der Waals surface area (Å²) in [5, 5.41) is 19.0. The lowest BCUT2D eigenvalue weighted by atomic mass is 10.2. The third-order valence-electron chi connectivity index (χ3n) is 3.30. The zero-order chi connectivity index (χ0) is 20.9. The number of nitrogens with zero attached hydrogens (tertiary/aromatic N) is 1. The molecular formula is C16H12BrCl3N4O3S. The number of nitro benzene ring substituents is 1. The van der Waals surface area contributed by atoms with Crippen LogP contribution in [0.4, 0.5) is 11.4 Å². The van der Waals surface area contributed by atoms with Crippen molar-refractivity contribution in [1.29, 1.82) is 0 Å². The second kappa shape index (κ2) is 9.71. The van der Waals surface area contributed by atoms with Gasteiger partial charge < -0.3 is 16.0 Å². The second-order valence-electron chi connectivity index (χ2n) is 5.36. The van der Waals surface area contributed by atoms with Crippen LogP contribution in [0, 0.1) is 10.1 Å². The van der Waals surface area contributed by atoms with Gasteiger partial charge in [-0.1, -0.05) is 56.8 Å². The molecule has 0 heterocycles. The van der Waals surface area contributed by atoms with Crippen LogP contribution in [0.5, 0.6) is 0 Å². The quantitative estimate of drug-likeness (QED) is 0.171. The minimum atomic E-state index is -1.96. The van der Waals surface area contributed by atoms with E-state index in [1.54, 1.807) is 12.1 Å². The van der Waals surface area contributed by atoms with Crippen LogP contribution in [-0.2, 0) is 0 Å². The lowest BCUT2D eigenvalue weighted by Gasteiger charge is -2.27. The topological polar surface area (TPSA) is 96.3 Å². The number of halogens is 4. The van der Waals surface area contributed by atoms with E-state index in [9.17, 15) is 14.9 Å². The molecule has 0 bridgehead atoms. The van der Waals surface area contributed by atoms with Crippen molar-refractivity contribution >= 4 is 85.3 Å². The van der Waals surface area contributed by atoms with Crippen LogP contribution in [-0.4, -0.2) is 25.9 Å². The average molecular weight is 527 g/mol. The predicted molar refractivity (Wildman–Crippen MR) is 118 cm³/mol. The SMILES string of the molecule is O=C(NC(NC(=S)Nc1ccc(Br)cc1)C(Cl)(Cl)Cl)c1cccc([N+](=O)[O-])c1. The number of carbonyl (C=O) groups is 1. The number of benzene rings is 2. The van der Waals surface area contributed by atoms with Crippen molar-refractivity contribution in [3.05, 3.63) is 68.7 Å². The highest BCUT2D eigenvalue weighted by molar-refractivity contribution is 9.10. The Kier molecular flexibility index (Phi) is 7.85. The molecule has 1 amide bonds. The Morgan fingerprint density at radius 1 is 1.14 bits per heavy atom. The maximum absolute atomic E-state index is 12.4. The highest BCUT2D eigenvalue weighted by atomic mass is 79.9. The molecule has 0 spiro atoms. The summed E-state index contributed by atoms with van der Waals surface area (Å²) in [6.07, 6.45) is -1.21. The highest BCUT2D eigenvalue weighted by Gasteiger charge is 2.35. The van der Waals surface area contributed by atoms with E-state index in [0.717, 1.165) is 10.5 Å². The Labute approximate surface area is 189 Å². The number of carbonyl (C=O) groups excluding carboxylic acids is 1. The Morgan fingerprint density at radius 3 is 2.36 bits per heavy atom. The molecule has 0 aliphatic heterocycles. The number of hydrogen-bond acceptors (Lipinski definition) is 4. The van der Waals surface area contributed by atoms with E-state index < -0.39 is 20.8 Å². The number of anilines is 1. The van der Waals surface area contributed by atoms with Gasteiger partial charge in [0.1, 0.15) is 6.17 Å². The van der Waals surface area contributed by atoms with Crippen LogP contribution in [0.2, 0.25) is 0 Å². The molecule has 0 saturated heterocycles. The molecule has 3 N–H and O–H groups in total. The third-order valence-corrected chi connectivity index (χ3v) is 4.70. The molecule has 2 rings (SSSR count). The maximum atomic E-state index is 12.4. The molecule has 2 aromatic rings. The maximum Gasteiger partial charge on any atom is 0.270 e. The van der Waals surface area contributed by atoms with Gasteiger partial charge in [0.05, 0.1) is 4.92 Å². The van der Waals surface area contributed by atoms with E-state index in [2.05, 4.69) is 31.9 Å². The normalized spacial score (nSPS) is 12.0. The lowest BCUT2D eigenvalue weighted by Crippen LogP contribution is -2.56. The van der Waals surface area contributed by atoms with E-state index in [4.69, 9.17) is 47.0 Å². The van der Waals surface area contributed by atoms with Gasteiger partial charge in [-0.15, -0.1) is 0 Å². The van der Waals surface area contributed by atoms with Crippen molar-refractivity contribution in [3.8, 4) is 0 Å². The van der Waals surface area contributed by atoms with Gasteiger partial charge in [-0.05, 0) is 42.5 Å². The van der Waals surface area contributed by atoms with Gasteiger partial charge in [0.25, 0.3) is 11.6 Å². The fourth-order valence-corrected chi connectivity index (χ4v) is 2.83. The number of hydrogen-bond donors (Lipinski definition) is 3. The summed E-state index contributed by atoms with van der Waals surface area (Å²) >= 11 is 26.3. The van der Waals surface area contributed by atoms with E-state index >= 15 is 0 Å². The summed E-state index contributed by atoms with van der Waals surface area (Å²) in [6.45, 7) is 0. The van der Waals surface area contributed by atoms with Gasteiger partial charge in [0, 0.05) is 27.9 Å². The number of nitrogens with one attached hydrogen (secondary N) is 3.